The molecular formula is CoMnNi2. The molecule has 4 heavy (non-hydrogen) atoms. The first-order valence-corrected chi connectivity index (χ1v) is 0. The molecule has 0 saturated carbocycles. The minimum atomic E-state index is 0. The monoisotopic (exact) mass is 230 g/mol. The van der Waals surface area contributed by atoms with Gasteiger partial charge in [-0.25, -0.2) is 0 Å². The van der Waals surface area contributed by atoms with Crippen molar-refractivity contribution in [1.82, 2.24) is 0 Å². The molecule has 0 amide bonds. The Morgan fingerprint density at radius 1 is 0.750 bits per heavy atom. The van der Waals surface area contributed by atoms with Crippen molar-refractivity contribution in [3.63, 3.8) is 0 Å². The quantitative estimate of drug-likeness (QED) is 0.514. The Morgan fingerprint density at radius 2 is 0.750 bits per heavy atom. The zero-order valence-corrected chi connectivity index (χ0v) is 5.54. The van der Waals surface area contributed by atoms with Crippen LogP contribution in [0.3, 0.4) is 0 Å². The Labute approximate surface area is 66.4 Å². The van der Waals surface area contributed by atoms with E-state index in [9.17, 15) is 0 Å². The molecule has 0 bridgehead atoms. The second kappa shape index (κ2) is 19.9. The predicted octanol–water partition coefficient (Wildman–Crippen LogP) is -0.0100. The molecule has 0 aliphatic carbocycles. The van der Waals surface area contributed by atoms with Gasteiger partial charge in [0, 0.05) is 66.8 Å². The zero-order chi connectivity index (χ0) is 0. The number of hydrogen-bond acceptors (Lipinski definition) is 0. The summed E-state index contributed by atoms with van der Waals surface area (Å²) < 4.78 is 0. The molecule has 0 heterocycles. The van der Waals surface area contributed by atoms with Crippen molar-refractivity contribution in [2.45, 2.75) is 0 Å². The zero-order valence-electron chi connectivity index (χ0n) is 1.34. The summed E-state index contributed by atoms with van der Waals surface area (Å²) in [6, 6.07) is 0. The number of rotatable bonds is 0. The Kier molecular flexibility index (Phi) is 186. The summed E-state index contributed by atoms with van der Waals surface area (Å²) in [5, 5.41) is 0. The molecule has 0 spiro atoms. The van der Waals surface area contributed by atoms with Gasteiger partial charge in [0.2, 0.25) is 0 Å². The molecule has 0 aromatic rings. The van der Waals surface area contributed by atoms with E-state index in [0.29, 0.717) is 0 Å². The predicted molar refractivity (Wildman–Crippen MR) is 0 cm³/mol. The molecule has 4 heteroatoms. The van der Waals surface area contributed by atoms with Crippen molar-refractivity contribution in [2.24, 2.45) is 0 Å². The van der Waals surface area contributed by atoms with Crippen LogP contribution in [0.1, 0.15) is 0 Å². The average molecular weight is 231 g/mol. The average Bonchev–Trinajstić information content (AvgIpc) is 0. The molecule has 0 N–H and O–H groups in total. The molecule has 0 aliphatic heterocycles. The van der Waals surface area contributed by atoms with E-state index in [4.69, 9.17) is 0 Å². The van der Waals surface area contributed by atoms with Crippen molar-refractivity contribution in [2.75, 3.05) is 0 Å². The van der Waals surface area contributed by atoms with Crippen LogP contribution in [0.25, 0.3) is 0 Å². The molecule has 0 aliphatic rings. The van der Waals surface area contributed by atoms with Crippen molar-refractivity contribution in [3.05, 3.63) is 0 Å². The van der Waals surface area contributed by atoms with E-state index < -0.39 is 0 Å². The largest absolute Gasteiger partial charge is 0 e. The smallest absolute Gasteiger partial charge is 0 e. The second-order valence-electron chi connectivity index (χ2n) is 0. The van der Waals surface area contributed by atoms with Gasteiger partial charge in [-0.1, -0.05) is 0 Å². The van der Waals surface area contributed by atoms with Gasteiger partial charge in [-0.15, -0.1) is 0 Å². The third-order valence-electron chi connectivity index (χ3n) is 0. The van der Waals surface area contributed by atoms with Crippen molar-refractivity contribution in [1.29, 1.82) is 0 Å². The van der Waals surface area contributed by atoms with E-state index in [-0.39, 0.29) is 66.8 Å². The Morgan fingerprint density at radius 3 is 0.750 bits per heavy atom. The fourth-order valence-corrected chi connectivity index (χ4v) is 0. The van der Waals surface area contributed by atoms with Gasteiger partial charge in [-0.05, 0) is 0 Å². The van der Waals surface area contributed by atoms with Crippen LogP contribution in [0.2, 0.25) is 0 Å². The SMILES string of the molecule is [Co].[Mn].[Ni].[Ni]. The minimum Gasteiger partial charge on any atom is 0 e. The van der Waals surface area contributed by atoms with Crippen LogP contribution in [0, 0.1) is 0 Å². The third kappa shape index (κ3) is 8.99. The molecular weight excluding hydrogens is 231 g/mol. The molecule has 0 aromatic carbocycles. The third-order valence-corrected chi connectivity index (χ3v) is 0. The summed E-state index contributed by atoms with van der Waals surface area (Å²) in [6.45, 7) is 0. The van der Waals surface area contributed by atoms with E-state index >= 15 is 0 Å². The summed E-state index contributed by atoms with van der Waals surface area (Å²) in [6.07, 6.45) is 0. The molecule has 0 rings (SSSR count). The molecule has 0 aromatic heterocycles. The molecule has 0 nitrogen and oxygen atoms in total. The van der Waals surface area contributed by atoms with Gasteiger partial charge >= 0.3 is 0 Å². The van der Waals surface area contributed by atoms with Crippen LogP contribution in [-0.4, -0.2) is 0 Å². The molecule has 0 saturated heterocycles. The summed E-state index contributed by atoms with van der Waals surface area (Å²) in [5.74, 6) is 0. The van der Waals surface area contributed by atoms with Gasteiger partial charge in [-0.2, -0.15) is 0 Å². The van der Waals surface area contributed by atoms with Crippen molar-refractivity contribution >= 4 is 0 Å². The fourth-order valence-electron chi connectivity index (χ4n) is 0. The molecule has 2 radical (unpaired) electrons. The maximum atomic E-state index is 0. The second-order valence-corrected chi connectivity index (χ2v) is 0. The maximum Gasteiger partial charge on any atom is 0 e. The molecule has 36 valence electrons. The van der Waals surface area contributed by atoms with Gasteiger partial charge in [0.1, 0.15) is 0 Å². The van der Waals surface area contributed by atoms with Crippen LogP contribution in [0.5, 0.6) is 0 Å². The maximum absolute atomic E-state index is 0. The summed E-state index contributed by atoms with van der Waals surface area (Å²) in [5.41, 5.74) is 0. The van der Waals surface area contributed by atoms with E-state index in [1.165, 1.54) is 0 Å². The molecule has 0 fully saturated rings. The first-order chi connectivity index (χ1) is 0. The van der Waals surface area contributed by atoms with E-state index in [1.807, 2.05) is 0 Å². The standard InChI is InChI=1S/Co.Mn.2Ni. The van der Waals surface area contributed by atoms with Crippen LogP contribution < -0.4 is 0 Å². The topological polar surface area (TPSA) is 0 Å². The fraction of sp³-hybridized carbons (Fsp3) is 0. The van der Waals surface area contributed by atoms with Gasteiger partial charge in [-0.3, -0.25) is 0 Å². The summed E-state index contributed by atoms with van der Waals surface area (Å²) in [7, 11) is 0. The van der Waals surface area contributed by atoms with Crippen LogP contribution in [-0.2, 0) is 66.8 Å². The van der Waals surface area contributed by atoms with Gasteiger partial charge < -0.3 is 0 Å². The van der Waals surface area contributed by atoms with E-state index in [0.717, 1.165) is 0 Å². The van der Waals surface area contributed by atoms with Crippen LogP contribution in [0.4, 0.5) is 0 Å². The molecule has 0 atom stereocenters. The minimum absolute atomic E-state index is 0. The first-order valence-electron chi connectivity index (χ1n) is 0. The van der Waals surface area contributed by atoms with E-state index in [1.54, 1.807) is 0 Å². The Bertz CT molecular complexity index is 6.00. The van der Waals surface area contributed by atoms with Crippen LogP contribution in [0.15, 0.2) is 0 Å². The summed E-state index contributed by atoms with van der Waals surface area (Å²) in [4.78, 5) is 0. The van der Waals surface area contributed by atoms with Gasteiger partial charge in [0.25, 0.3) is 0 Å². The van der Waals surface area contributed by atoms with Gasteiger partial charge in [0.15, 0.2) is 0 Å². The van der Waals surface area contributed by atoms with Crippen LogP contribution >= 0.6 is 0 Å². The van der Waals surface area contributed by atoms with Gasteiger partial charge in [0.05, 0.1) is 0 Å². The summed E-state index contributed by atoms with van der Waals surface area (Å²) >= 11 is 0. The van der Waals surface area contributed by atoms with Crippen molar-refractivity contribution in [3.8, 4) is 0 Å². The van der Waals surface area contributed by atoms with Crippen molar-refractivity contribution < 1.29 is 66.8 Å². The number of hydrogen-bond donors (Lipinski definition) is 0. The molecule has 0 unspecified atom stereocenters. The normalized spacial score (nSPS) is 0. The Hall–Kier alpha value is 2.01. The first kappa shape index (κ1) is 37.3. The van der Waals surface area contributed by atoms with E-state index in [2.05, 4.69) is 0 Å². The Balaban J connectivity index is 0.